The van der Waals surface area contributed by atoms with Crippen LogP contribution in [0.15, 0.2) is 23.6 Å². The van der Waals surface area contributed by atoms with E-state index in [1.54, 1.807) is 19.9 Å². The maximum absolute atomic E-state index is 13.1. The molecule has 0 heterocycles. The van der Waals surface area contributed by atoms with Crippen LogP contribution in [0.1, 0.15) is 33.1 Å². The average molecular weight is 170 g/mol. The molecule has 0 saturated heterocycles. The van der Waals surface area contributed by atoms with Crippen LogP contribution in [0.25, 0.3) is 0 Å². The first-order chi connectivity index (χ1) is 5.49. The minimum absolute atomic E-state index is 0.164. The third-order valence-corrected chi connectivity index (χ3v) is 1.81. The number of aliphatic hydroxyl groups is 1. The van der Waals surface area contributed by atoms with E-state index in [4.69, 9.17) is 0 Å². The molecule has 68 valence electrons. The third-order valence-electron chi connectivity index (χ3n) is 1.81. The summed E-state index contributed by atoms with van der Waals surface area (Å²) in [7, 11) is 0. The molecule has 0 spiro atoms. The van der Waals surface area contributed by atoms with Crippen LogP contribution in [0.2, 0.25) is 0 Å². The number of halogens is 1. The van der Waals surface area contributed by atoms with Crippen molar-refractivity contribution in [1.82, 2.24) is 0 Å². The highest BCUT2D eigenvalue weighted by molar-refractivity contribution is 5.29. The van der Waals surface area contributed by atoms with Crippen LogP contribution in [-0.4, -0.2) is 10.7 Å². The van der Waals surface area contributed by atoms with Crippen molar-refractivity contribution in [2.45, 2.75) is 38.7 Å². The standard InChI is InChI=1S/C10H15FO/c1-10(2,12)7-8-5-3-4-6-9(8)11/h5-6,12H,3-4,7H2,1-2H3. The van der Waals surface area contributed by atoms with Crippen molar-refractivity contribution < 1.29 is 9.50 Å². The molecule has 0 aromatic rings. The van der Waals surface area contributed by atoms with E-state index in [-0.39, 0.29) is 5.83 Å². The zero-order valence-corrected chi connectivity index (χ0v) is 7.60. The summed E-state index contributed by atoms with van der Waals surface area (Å²) in [5.41, 5.74) is -0.164. The lowest BCUT2D eigenvalue weighted by atomic mass is 9.94. The fourth-order valence-electron chi connectivity index (χ4n) is 1.32. The first-order valence-electron chi connectivity index (χ1n) is 4.26. The molecule has 1 nitrogen and oxygen atoms in total. The molecule has 0 saturated carbocycles. The summed E-state index contributed by atoms with van der Waals surface area (Å²) in [5.74, 6) is -0.164. The fraction of sp³-hybridized carbons (Fsp3) is 0.600. The molecule has 0 bridgehead atoms. The first kappa shape index (κ1) is 9.46. The molecule has 0 unspecified atom stereocenters. The summed E-state index contributed by atoms with van der Waals surface area (Å²) >= 11 is 0. The fourth-order valence-corrected chi connectivity index (χ4v) is 1.32. The summed E-state index contributed by atoms with van der Waals surface area (Å²) in [6.45, 7) is 3.38. The van der Waals surface area contributed by atoms with Gasteiger partial charge in [0.1, 0.15) is 5.83 Å². The number of hydrogen-bond acceptors (Lipinski definition) is 1. The number of allylic oxidation sites excluding steroid dienone is 3. The van der Waals surface area contributed by atoms with Gasteiger partial charge in [0, 0.05) is 6.42 Å². The minimum atomic E-state index is -0.811. The smallest absolute Gasteiger partial charge is 0.122 e. The predicted octanol–water partition coefficient (Wildman–Crippen LogP) is 2.72. The summed E-state index contributed by atoms with van der Waals surface area (Å²) in [5, 5.41) is 9.45. The van der Waals surface area contributed by atoms with Crippen LogP contribution >= 0.6 is 0 Å². The van der Waals surface area contributed by atoms with Crippen LogP contribution in [-0.2, 0) is 0 Å². The molecule has 1 aliphatic rings. The SMILES string of the molecule is CC(C)(O)CC1=CCCC=C1F. The Morgan fingerprint density at radius 2 is 2.00 bits per heavy atom. The van der Waals surface area contributed by atoms with Crippen molar-refractivity contribution in [1.29, 1.82) is 0 Å². The molecule has 1 rings (SSSR count). The zero-order valence-electron chi connectivity index (χ0n) is 7.60. The van der Waals surface area contributed by atoms with Crippen LogP contribution in [0.5, 0.6) is 0 Å². The van der Waals surface area contributed by atoms with Gasteiger partial charge in [-0.3, -0.25) is 0 Å². The Morgan fingerprint density at radius 3 is 2.50 bits per heavy atom. The topological polar surface area (TPSA) is 20.2 Å². The van der Waals surface area contributed by atoms with Crippen LogP contribution in [0.4, 0.5) is 4.39 Å². The molecule has 12 heavy (non-hydrogen) atoms. The lowest BCUT2D eigenvalue weighted by molar-refractivity contribution is 0.0805. The van der Waals surface area contributed by atoms with E-state index in [1.807, 2.05) is 6.08 Å². The van der Waals surface area contributed by atoms with Gasteiger partial charge < -0.3 is 5.11 Å². The summed E-state index contributed by atoms with van der Waals surface area (Å²) in [4.78, 5) is 0. The van der Waals surface area contributed by atoms with E-state index in [2.05, 4.69) is 0 Å². The highest BCUT2D eigenvalue weighted by atomic mass is 19.1. The molecule has 0 radical (unpaired) electrons. The maximum atomic E-state index is 13.1. The molecular weight excluding hydrogens is 155 g/mol. The van der Waals surface area contributed by atoms with Crippen LogP contribution < -0.4 is 0 Å². The highest BCUT2D eigenvalue weighted by Crippen LogP contribution is 2.27. The van der Waals surface area contributed by atoms with Gasteiger partial charge in [0.2, 0.25) is 0 Å². The van der Waals surface area contributed by atoms with Gasteiger partial charge in [0.05, 0.1) is 5.60 Å². The second-order valence-corrected chi connectivity index (χ2v) is 3.85. The average Bonchev–Trinajstić information content (AvgIpc) is 1.91. The number of hydrogen-bond donors (Lipinski definition) is 1. The second-order valence-electron chi connectivity index (χ2n) is 3.85. The molecule has 2 heteroatoms. The third kappa shape index (κ3) is 2.78. The summed E-state index contributed by atoms with van der Waals surface area (Å²) in [6, 6.07) is 0. The van der Waals surface area contributed by atoms with E-state index in [9.17, 15) is 9.50 Å². The van der Waals surface area contributed by atoms with Crippen molar-refractivity contribution in [3.05, 3.63) is 23.6 Å². The van der Waals surface area contributed by atoms with Gasteiger partial charge in [-0.25, -0.2) is 4.39 Å². The van der Waals surface area contributed by atoms with Crippen molar-refractivity contribution >= 4 is 0 Å². The van der Waals surface area contributed by atoms with Crippen molar-refractivity contribution in [3.63, 3.8) is 0 Å². The van der Waals surface area contributed by atoms with E-state index in [0.717, 1.165) is 12.8 Å². The minimum Gasteiger partial charge on any atom is -0.390 e. The largest absolute Gasteiger partial charge is 0.390 e. The summed E-state index contributed by atoms with van der Waals surface area (Å²) < 4.78 is 13.1. The predicted molar refractivity (Wildman–Crippen MR) is 47.4 cm³/mol. The van der Waals surface area contributed by atoms with E-state index < -0.39 is 5.60 Å². The molecule has 0 atom stereocenters. The molecule has 0 aliphatic heterocycles. The van der Waals surface area contributed by atoms with Gasteiger partial charge in [0.25, 0.3) is 0 Å². The second kappa shape index (κ2) is 3.40. The molecule has 0 aromatic carbocycles. The van der Waals surface area contributed by atoms with Crippen LogP contribution in [0, 0.1) is 0 Å². The molecule has 0 aromatic heterocycles. The molecule has 0 fully saturated rings. The maximum Gasteiger partial charge on any atom is 0.122 e. The quantitative estimate of drug-likeness (QED) is 0.675. The van der Waals surface area contributed by atoms with Gasteiger partial charge in [0.15, 0.2) is 0 Å². The molecule has 1 N–H and O–H groups in total. The van der Waals surface area contributed by atoms with E-state index in [1.165, 1.54) is 0 Å². The Balaban J connectivity index is 2.64. The van der Waals surface area contributed by atoms with Gasteiger partial charge in [-0.05, 0) is 38.3 Å². The van der Waals surface area contributed by atoms with E-state index >= 15 is 0 Å². The Morgan fingerprint density at radius 1 is 1.42 bits per heavy atom. The lowest BCUT2D eigenvalue weighted by Gasteiger charge is -2.19. The van der Waals surface area contributed by atoms with Gasteiger partial charge >= 0.3 is 0 Å². The first-order valence-corrected chi connectivity index (χ1v) is 4.26. The van der Waals surface area contributed by atoms with Gasteiger partial charge in [-0.15, -0.1) is 0 Å². The van der Waals surface area contributed by atoms with Crippen molar-refractivity contribution in [2.75, 3.05) is 0 Å². The lowest BCUT2D eigenvalue weighted by Crippen LogP contribution is -2.19. The zero-order chi connectivity index (χ0) is 9.19. The molecule has 0 amide bonds. The normalized spacial score (nSPS) is 18.7. The Bertz CT molecular complexity index is 220. The van der Waals surface area contributed by atoms with Gasteiger partial charge in [-0.1, -0.05) is 6.08 Å². The molecule has 1 aliphatic carbocycles. The Labute approximate surface area is 72.6 Å². The molecular formula is C10H15FO. The van der Waals surface area contributed by atoms with Crippen molar-refractivity contribution in [2.24, 2.45) is 0 Å². The highest BCUT2D eigenvalue weighted by Gasteiger charge is 2.18. The monoisotopic (exact) mass is 170 g/mol. The Hall–Kier alpha value is -0.630. The van der Waals surface area contributed by atoms with Crippen molar-refractivity contribution in [3.8, 4) is 0 Å². The Kier molecular flexibility index (Phi) is 2.68. The van der Waals surface area contributed by atoms with E-state index in [0.29, 0.717) is 12.0 Å². The number of rotatable bonds is 2. The summed E-state index contributed by atoms with van der Waals surface area (Å²) in [6.07, 6.45) is 5.52. The van der Waals surface area contributed by atoms with Crippen LogP contribution in [0.3, 0.4) is 0 Å². The van der Waals surface area contributed by atoms with Gasteiger partial charge in [-0.2, -0.15) is 0 Å².